The van der Waals surface area contributed by atoms with Crippen LogP contribution in [-0.4, -0.2) is 12.6 Å². The molecule has 0 aromatic rings. The number of carbonyl (C=O) groups excluding carboxylic acids is 1. The van der Waals surface area contributed by atoms with Crippen LogP contribution in [0.25, 0.3) is 0 Å². The second-order valence-electron chi connectivity index (χ2n) is 5.68. The molecule has 0 saturated carbocycles. The maximum Gasteiger partial charge on any atom is 0.302 e. The lowest BCUT2D eigenvalue weighted by atomic mass is 9.77. The summed E-state index contributed by atoms with van der Waals surface area (Å²) in [7, 11) is 0. The zero-order chi connectivity index (χ0) is 10.7. The van der Waals surface area contributed by atoms with Gasteiger partial charge >= 0.3 is 5.97 Å². The number of ether oxygens (including phenoxy) is 1. The molecule has 0 heterocycles. The van der Waals surface area contributed by atoms with E-state index in [0.717, 1.165) is 6.42 Å². The summed E-state index contributed by atoms with van der Waals surface area (Å²) in [6, 6.07) is 0. The first kappa shape index (κ1) is 12.5. The van der Waals surface area contributed by atoms with Gasteiger partial charge in [-0.15, -0.1) is 0 Å². The van der Waals surface area contributed by atoms with Crippen LogP contribution in [0.1, 0.15) is 48.0 Å². The Morgan fingerprint density at radius 1 is 1.15 bits per heavy atom. The fourth-order valence-electron chi connectivity index (χ4n) is 1.78. The molecule has 0 unspecified atom stereocenters. The number of rotatable bonds is 3. The molecule has 0 fully saturated rings. The van der Waals surface area contributed by atoms with E-state index in [2.05, 4.69) is 34.6 Å². The van der Waals surface area contributed by atoms with Gasteiger partial charge in [0.2, 0.25) is 0 Å². The average Bonchev–Trinajstić information content (AvgIpc) is 1.78. The van der Waals surface area contributed by atoms with E-state index in [-0.39, 0.29) is 16.8 Å². The topological polar surface area (TPSA) is 26.3 Å². The molecule has 0 spiro atoms. The summed E-state index contributed by atoms with van der Waals surface area (Å²) in [4.78, 5) is 10.6. The summed E-state index contributed by atoms with van der Waals surface area (Å²) in [5.74, 6) is -0.193. The highest BCUT2D eigenvalue weighted by Crippen LogP contribution is 2.33. The van der Waals surface area contributed by atoms with Crippen molar-refractivity contribution in [2.24, 2.45) is 10.8 Å². The Morgan fingerprint density at radius 3 is 1.92 bits per heavy atom. The average molecular weight is 186 g/mol. The molecule has 2 nitrogen and oxygen atoms in total. The first-order chi connectivity index (χ1) is 5.62. The van der Waals surface area contributed by atoms with Gasteiger partial charge in [0.15, 0.2) is 0 Å². The highest BCUT2D eigenvalue weighted by molar-refractivity contribution is 5.65. The molecule has 0 bridgehead atoms. The van der Waals surface area contributed by atoms with Crippen LogP contribution in [0.15, 0.2) is 0 Å². The number of hydrogen-bond acceptors (Lipinski definition) is 2. The van der Waals surface area contributed by atoms with E-state index in [9.17, 15) is 4.79 Å². The molecular weight excluding hydrogens is 164 g/mol. The molecule has 0 saturated heterocycles. The van der Waals surface area contributed by atoms with Crippen LogP contribution < -0.4 is 0 Å². The zero-order valence-electron chi connectivity index (χ0n) is 9.73. The lowest BCUT2D eigenvalue weighted by molar-refractivity contribution is -0.144. The molecule has 0 radical (unpaired) electrons. The van der Waals surface area contributed by atoms with Crippen LogP contribution in [0, 0.1) is 10.8 Å². The van der Waals surface area contributed by atoms with Crippen molar-refractivity contribution in [2.75, 3.05) is 6.61 Å². The highest BCUT2D eigenvalue weighted by Gasteiger charge is 2.26. The lowest BCUT2D eigenvalue weighted by Gasteiger charge is -2.31. The van der Waals surface area contributed by atoms with Crippen LogP contribution in [0.5, 0.6) is 0 Å². The van der Waals surface area contributed by atoms with Crippen molar-refractivity contribution in [1.82, 2.24) is 0 Å². The summed E-state index contributed by atoms with van der Waals surface area (Å²) in [6.45, 7) is 12.8. The van der Waals surface area contributed by atoms with Crippen molar-refractivity contribution in [2.45, 2.75) is 48.0 Å². The van der Waals surface area contributed by atoms with Gasteiger partial charge in [-0.2, -0.15) is 0 Å². The molecule has 0 aliphatic carbocycles. The van der Waals surface area contributed by atoms with E-state index in [0.29, 0.717) is 6.61 Å². The first-order valence-corrected chi connectivity index (χ1v) is 4.76. The summed E-state index contributed by atoms with van der Waals surface area (Å²) in [5, 5.41) is 0. The Kier molecular flexibility index (Phi) is 3.95. The van der Waals surface area contributed by atoms with Gasteiger partial charge in [0.25, 0.3) is 0 Å². The van der Waals surface area contributed by atoms with Gasteiger partial charge in [-0.3, -0.25) is 4.79 Å². The van der Waals surface area contributed by atoms with E-state index < -0.39 is 0 Å². The van der Waals surface area contributed by atoms with Gasteiger partial charge in [-0.05, 0) is 17.3 Å². The Hall–Kier alpha value is -0.530. The molecule has 0 aromatic carbocycles. The Labute approximate surface area is 81.7 Å². The van der Waals surface area contributed by atoms with Gasteiger partial charge in [0.1, 0.15) is 0 Å². The third-order valence-electron chi connectivity index (χ3n) is 1.68. The molecule has 0 aliphatic heterocycles. The van der Waals surface area contributed by atoms with Crippen molar-refractivity contribution < 1.29 is 9.53 Å². The monoisotopic (exact) mass is 186 g/mol. The molecule has 0 atom stereocenters. The largest absolute Gasteiger partial charge is 0.465 e. The first-order valence-electron chi connectivity index (χ1n) is 4.76. The molecule has 0 amide bonds. The van der Waals surface area contributed by atoms with Crippen molar-refractivity contribution in [3.8, 4) is 0 Å². The maximum atomic E-state index is 10.6. The second kappa shape index (κ2) is 4.12. The highest BCUT2D eigenvalue weighted by atomic mass is 16.5. The Balaban J connectivity index is 4.01. The Bertz CT molecular complexity index is 175. The van der Waals surface area contributed by atoms with Crippen molar-refractivity contribution >= 4 is 5.97 Å². The molecule has 0 rings (SSSR count). The van der Waals surface area contributed by atoms with Gasteiger partial charge in [-0.25, -0.2) is 0 Å². The molecule has 0 N–H and O–H groups in total. The second-order valence-corrected chi connectivity index (χ2v) is 5.68. The molecule has 0 aromatic heterocycles. The van der Waals surface area contributed by atoms with E-state index in [4.69, 9.17) is 4.74 Å². The van der Waals surface area contributed by atoms with Gasteiger partial charge in [0.05, 0.1) is 6.61 Å². The lowest BCUT2D eigenvalue weighted by Crippen LogP contribution is -2.26. The quantitative estimate of drug-likeness (QED) is 0.633. The normalized spacial score (nSPS) is 12.8. The van der Waals surface area contributed by atoms with E-state index in [1.807, 2.05) is 0 Å². The summed E-state index contributed by atoms with van der Waals surface area (Å²) in [6.07, 6.45) is 1.05. The van der Waals surface area contributed by atoms with E-state index in [1.165, 1.54) is 6.92 Å². The van der Waals surface area contributed by atoms with E-state index in [1.54, 1.807) is 0 Å². The molecular formula is C11H22O2. The summed E-state index contributed by atoms with van der Waals surface area (Å²) < 4.78 is 5.01. The number of esters is 1. The van der Waals surface area contributed by atoms with Gasteiger partial charge < -0.3 is 4.74 Å². The van der Waals surface area contributed by atoms with Gasteiger partial charge in [0, 0.05) is 6.92 Å². The fraction of sp³-hybridized carbons (Fsp3) is 0.909. The SMILES string of the molecule is CC(=O)OCC(C)(C)CC(C)(C)C. The van der Waals surface area contributed by atoms with Crippen LogP contribution in [0.2, 0.25) is 0 Å². The minimum absolute atomic E-state index is 0.0733. The van der Waals surface area contributed by atoms with Gasteiger partial charge in [-0.1, -0.05) is 34.6 Å². The Morgan fingerprint density at radius 2 is 1.62 bits per heavy atom. The minimum Gasteiger partial charge on any atom is -0.465 e. The minimum atomic E-state index is -0.193. The summed E-state index contributed by atoms with van der Waals surface area (Å²) in [5.41, 5.74) is 0.355. The number of hydrogen-bond donors (Lipinski definition) is 0. The predicted octanol–water partition coefficient (Wildman–Crippen LogP) is 3.01. The smallest absolute Gasteiger partial charge is 0.302 e. The van der Waals surface area contributed by atoms with Crippen molar-refractivity contribution in [1.29, 1.82) is 0 Å². The molecule has 78 valence electrons. The number of carbonyl (C=O) groups is 1. The molecule has 2 heteroatoms. The summed E-state index contributed by atoms with van der Waals surface area (Å²) >= 11 is 0. The van der Waals surface area contributed by atoms with Crippen LogP contribution in [0.3, 0.4) is 0 Å². The molecule has 0 aliphatic rings. The maximum absolute atomic E-state index is 10.6. The fourth-order valence-corrected chi connectivity index (χ4v) is 1.78. The third-order valence-corrected chi connectivity index (χ3v) is 1.68. The van der Waals surface area contributed by atoms with Crippen LogP contribution >= 0.6 is 0 Å². The molecule has 13 heavy (non-hydrogen) atoms. The predicted molar refractivity (Wildman–Crippen MR) is 54.5 cm³/mol. The van der Waals surface area contributed by atoms with Crippen molar-refractivity contribution in [3.63, 3.8) is 0 Å². The van der Waals surface area contributed by atoms with Crippen molar-refractivity contribution in [3.05, 3.63) is 0 Å². The third kappa shape index (κ3) is 7.82. The standard InChI is InChI=1S/C11H22O2/c1-9(12)13-8-11(5,6)7-10(2,3)4/h7-8H2,1-6H3. The van der Waals surface area contributed by atoms with Crippen LogP contribution in [-0.2, 0) is 9.53 Å². The van der Waals surface area contributed by atoms with E-state index >= 15 is 0 Å². The zero-order valence-corrected chi connectivity index (χ0v) is 9.73. The van der Waals surface area contributed by atoms with Crippen LogP contribution in [0.4, 0.5) is 0 Å².